The van der Waals surface area contributed by atoms with Gasteiger partial charge in [0.15, 0.2) is 0 Å². The molecule has 0 bridgehead atoms. The molecule has 13 nitrogen and oxygen atoms in total. The van der Waals surface area contributed by atoms with Crippen molar-refractivity contribution in [2.24, 2.45) is 5.92 Å². The normalized spacial score (nSPS) is 13.5. The van der Waals surface area contributed by atoms with Gasteiger partial charge in [-0.05, 0) is 43.0 Å². The van der Waals surface area contributed by atoms with Gasteiger partial charge in [0.2, 0.25) is 15.9 Å². The molecule has 0 aliphatic carbocycles. The van der Waals surface area contributed by atoms with Gasteiger partial charge in [0, 0.05) is 31.2 Å². The van der Waals surface area contributed by atoms with E-state index in [4.69, 9.17) is 10.3 Å². The summed E-state index contributed by atoms with van der Waals surface area (Å²) in [6.45, 7) is 3.43. The van der Waals surface area contributed by atoms with Crippen molar-refractivity contribution in [3.63, 3.8) is 0 Å². The molecule has 0 aliphatic heterocycles. The van der Waals surface area contributed by atoms with E-state index in [-0.39, 0.29) is 36.7 Å². The van der Waals surface area contributed by atoms with Crippen LogP contribution in [-0.2, 0) is 35.1 Å². The average Bonchev–Trinajstić information content (AvgIpc) is 2.93. The molecule has 2 aromatic rings. The number of methoxy groups -OCH3 is 1. The zero-order valence-electron chi connectivity index (χ0n) is 24.9. The minimum absolute atomic E-state index is 0.00593. The van der Waals surface area contributed by atoms with Crippen molar-refractivity contribution >= 4 is 48.8 Å². The Kier molecular flexibility index (Phi) is 14.2. The molecular weight excluding hydrogens is 598 g/mol. The number of amides is 2. The van der Waals surface area contributed by atoms with E-state index in [1.54, 1.807) is 0 Å². The number of ether oxygens (including phenoxy) is 1. The molecule has 2 aromatic carbocycles. The molecule has 43 heavy (non-hydrogen) atoms. The summed E-state index contributed by atoms with van der Waals surface area (Å²) >= 11 is 0. The lowest BCUT2D eigenvalue weighted by Crippen LogP contribution is -2.48. The van der Waals surface area contributed by atoms with Gasteiger partial charge >= 0.3 is 13.9 Å². The van der Waals surface area contributed by atoms with Gasteiger partial charge in [-0.1, -0.05) is 55.6 Å². The third kappa shape index (κ3) is 12.3. The molecule has 0 saturated heterocycles. The Morgan fingerprint density at radius 1 is 1.09 bits per heavy atom. The molecule has 0 radical (unpaired) electrons. The molecule has 0 aromatic heterocycles. The van der Waals surface area contributed by atoms with Crippen LogP contribution in [-0.4, -0.2) is 81.2 Å². The topological polar surface area (TPSA) is 198 Å². The summed E-state index contributed by atoms with van der Waals surface area (Å²) < 4.78 is 49.4. The van der Waals surface area contributed by atoms with Crippen LogP contribution < -0.4 is 21.8 Å². The number of nitrogen functional groups attached to an aromatic ring is 1. The fourth-order valence-corrected chi connectivity index (χ4v) is 6.55. The van der Waals surface area contributed by atoms with E-state index >= 15 is 0 Å². The van der Waals surface area contributed by atoms with Gasteiger partial charge in [0.05, 0.1) is 18.6 Å². The number of anilines is 1. The third-order valence-corrected chi connectivity index (χ3v) is 9.03. The number of sulfonamides is 1. The minimum atomic E-state index is -4.88. The highest BCUT2D eigenvalue weighted by Gasteiger charge is 2.33. The maximum absolute atomic E-state index is 13.6. The molecular formula is C27H42BN4O9PS. The molecule has 0 unspecified atom stereocenters. The molecule has 6 N–H and O–H groups in total. The summed E-state index contributed by atoms with van der Waals surface area (Å²) in [4.78, 5) is 43.5. The lowest BCUT2D eigenvalue weighted by atomic mass is 9.87. The van der Waals surface area contributed by atoms with E-state index < -0.39 is 48.5 Å². The van der Waals surface area contributed by atoms with Crippen LogP contribution in [0.3, 0.4) is 0 Å². The van der Waals surface area contributed by atoms with Crippen molar-refractivity contribution < 1.29 is 41.6 Å². The molecule has 0 saturated carbocycles. The van der Waals surface area contributed by atoms with Crippen LogP contribution in [0.2, 0.25) is 0 Å². The van der Waals surface area contributed by atoms with Crippen LogP contribution >= 0.6 is 7.82 Å². The number of carbonyl (C=O) groups is 2. The Labute approximate surface area is 254 Å². The van der Waals surface area contributed by atoms with Crippen LogP contribution in [0.1, 0.15) is 38.7 Å². The lowest BCUT2D eigenvalue weighted by Gasteiger charge is -2.32. The molecule has 0 fully saturated rings. The molecule has 238 valence electrons. The Morgan fingerprint density at radius 3 is 2.33 bits per heavy atom. The first-order valence-electron chi connectivity index (χ1n) is 13.9. The summed E-state index contributed by atoms with van der Waals surface area (Å²) in [6.07, 6.45) is 0.528. The molecule has 0 spiro atoms. The van der Waals surface area contributed by atoms with Crippen molar-refractivity contribution in [1.82, 2.24) is 14.9 Å². The molecule has 2 rings (SSSR count). The van der Waals surface area contributed by atoms with E-state index in [1.807, 2.05) is 46.0 Å². The number of benzene rings is 2. The number of unbranched alkanes of at least 4 members (excludes halogenated alkanes) is 1. The summed E-state index contributed by atoms with van der Waals surface area (Å²) in [7, 11) is -5.83. The van der Waals surface area contributed by atoms with Crippen LogP contribution in [0.4, 0.5) is 10.5 Å². The predicted molar refractivity (Wildman–Crippen MR) is 166 cm³/mol. The van der Waals surface area contributed by atoms with E-state index in [0.29, 0.717) is 18.5 Å². The van der Waals surface area contributed by atoms with Crippen LogP contribution in [0, 0.1) is 5.92 Å². The monoisotopic (exact) mass is 640 g/mol. The van der Waals surface area contributed by atoms with Gasteiger partial charge in [-0.15, -0.1) is 0 Å². The summed E-state index contributed by atoms with van der Waals surface area (Å²) in [5, 5.41) is 5.35. The molecule has 2 amide bonds. The quantitative estimate of drug-likeness (QED) is 0.0717. The summed E-state index contributed by atoms with van der Waals surface area (Å²) in [6, 6.07) is 11.4. The Morgan fingerprint density at radius 2 is 1.74 bits per heavy atom. The SMILES string of the molecule is Bc1ccccc1C[C@H](NC(=O)OC)C(=O)NCCCC[C@@H](COP(=O)(O)O)N(CC(C)C)S(=O)(=O)c1ccc(N)cc1. The van der Waals surface area contributed by atoms with E-state index in [0.717, 1.165) is 11.0 Å². The van der Waals surface area contributed by atoms with Crippen molar-refractivity contribution in [3.05, 3.63) is 54.1 Å². The predicted octanol–water partition coefficient (Wildman–Crippen LogP) is 0.906. The number of phosphoric acid groups is 1. The van der Waals surface area contributed by atoms with Gasteiger partial charge in [0.25, 0.3) is 0 Å². The Hall–Kier alpha value is -2.94. The second-order valence-corrected chi connectivity index (χ2v) is 13.7. The number of alkyl carbamates (subject to hydrolysis) is 1. The standard InChI is InChI=1S/C27H42BN4O9PS/c1-19(2)17-32(43(38,39)23-13-11-21(29)12-14-23)22(18-41-42(35,36)37)9-6-7-15-30-26(33)25(31-27(34)40-3)16-20-8-4-5-10-24(20)28/h4-5,8,10-14,19,22,25H,6-7,9,15-18,28-29H2,1-3H3,(H,30,33)(H,31,34)(H2,35,36,37)/t22-,25-/m0/s1. The largest absolute Gasteiger partial charge is 0.469 e. The zero-order chi connectivity index (χ0) is 32.2. The van der Waals surface area contributed by atoms with E-state index in [1.165, 1.54) is 35.7 Å². The van der Waals surface area contributed by atoms with Crippen molar-refractivity contribution in [3.8, 4) is 0 Å². The third-order valence-electron chi connectivity index (χ3n) is 6.62. The summed E-state index contributed by atoms with van der Waals surface area (Å²) in [5.74, 6) is -0.518. The number of nitrogens with two attached hydrogens (primary N) is 1. The maximum atomic E-state index is 13.6. The minimum Gasteiger partial charge on any atom is -0.453 e. The van der Waals surface area contributed by atoms with Gasteiger partial charge < -0.3 is 30.9 Å². The summed E-state index contributed by atoms with van der Waals surface area (Å²) in [5.41, 5.74) is 7.97. The van der Waals surface area contributed by atoms with Crippen LogP contribution in [0.15, 0.2) is 53.4 Å². The van der Waals surface area contributed by atoms with Gasteiger partial charge in [0.1, 0.15) is 13.9 Å². The van der Waals surface area contributed by atoms with E-state index in [9.17, 15) is 32.4 Å². The second-order valence-electron chi connectivity index (χ2n) is 10.6. The molecule has 0 aliphatic rings. The smallest absolute Gasteiger partial charge is 0.453 e. The van der Waals surface area contributed by atoms with E-state index in [2.05, 4.69) is 15.4 Å². The van der Waals surface area contributed by atoms with Gasteiger partial charge in [-0.25, -0.2) is 17.8 Å². The first kappa shape index (κ1) is 36.3. The fraction of sp³-hybridized carbons (Fsp3) is 0.481. The van der Waals surface area contributed by atoms with Gasteiger partial charge in [-0.3, -0.25) is 9.32 Å². The van der Waals surface area contributed by atoms with Crippen LogP contribution in [0.5, 0.6) is 0 Å². The Bertz CT molecular complexity index is 1360. The van der Waals surface area contributed by atoms with Gasteiger partial charge in [-0.2, -0.15) is 4.31 Å². The number of hydrogen-bond acceptors (Lipinski definition) is 8. The first-order valence-corrected chi connectivity index (χ1v) is 16.8. The number of nitrogens with zero attached hydrogens (tertiary/aromatic N) is 1. The number of phosphoric ester groups is 1. The van der Waals surface area contributed by atoms with Crippen LogP contribution in [0.25, 0.3) is 0 Å². The molecule has 0 heterocycles. The fourth-order valence-electron chi connectivity index (χ4n) is 4.38. The number of nitrogens with one attached hydrogen (secondary N) is 2. The Balaban J connectivity index is 2.12. The average molecular weight is 641 g/mol. The maximum Gasteiger partial charge on any atom is 0.469 e. The second kappa shape index (κ2) is 16.8. The van der Waals surface area contributed by atoms with Crippen molar-refractivity contribution in [2.45, 2.75) is 56.5 Å². The number of carbonyl (C=O) groups excluding carboxylic acids is 2. The number of rotatable bonds is 17. The molecule has 2 atom stereocenters. The highest BCUT2D eigenvalue weighted by molar-refractivity contribution is 7.89. The van der Waals surface area contributed by atoms with Crippen molar-refractivity contribution in [2.75, 3.05) is 32.5 Å². The number of hydrogen-bond donors (Lipinski definition) is 5. The zero-order valence-corrected chi connectivity index (χ0v) is 26.6. The highest BCUT2D eigenvalue weighted by atomic mass is 32.2. The highest BCUT2D eigenvalue weighted by Crippen LogP contribution is 2.37. The lowest BCUT2D eigenvalue weighted by molar-refractivity contribution is -0.123. The first-order chi connectivity index (χ1) is 20.1. The molecule has 16 heteroatoms. The van der Waals surface area contributed by atoms with Crippen molar-refractivity contribution in [1.29, 1.82) is 0 Å².